The number of aliphatic hydroxyl groups is 1. The number of rotatable bonds is 5. The van der Waals surface area contributed by atoms with E-state index in [0.717, 1.165) is 51.9 Å². The van der Waals surface area contributed by atoms with Gasteiger partial charge in [0.1, 0.15) is 11.6 Å². The monoisotopic (exact) mass is 306 g/mol. The number of β-amino-alcohol motifs (C(OH)–C–C–N with tert-alkyl or cyclic N) is 1. The van der Waals surface area contributed by atoms with Crippen LogP contribution in [-0.4, -0.2) is 66.2 Å². The predicted octanol–water partition coefficient (Wildman–Crippen LogP) is 0.453. The fourth-order valence-corrected chi connectivity index (χ4v) is 3.09. The van der Waals surface area contributed by atoms with Gasteiger partial charge in [-0.3, -0.25) is 9.69 Å². The summed E-state index contributed by atoms with van der Waals surface area (Å²) in [5.41, 5.74) is 0.196. The molecule has 1 aliphatic carbocycles. The van der Waals surface area contributed by atoms with Gasteiger partial charge in [-0.1, -0.05) is 19.3 Å². The Kier molecular flexibility index (Phi) is 6.69. The summed E-state index contributed by atoms with van der Waals surface area (Å²) in [6, 6.07) is 2.25. The van der Waals surface area contributed by atoms with Crippen LogP contribution in [0.5, 0.6) is 0 Å². The summed E-state index contributed by atoms with van der Waals surface area (Å²) in [5, 5.41) is 21.2. The fourth-order valence-electron chi connectivity index (χ4n) is 3.09. The Labute approximate surface area is 132 Å². The summed E-state index contributed by atoms with van der Waals surface area (Å²) >= 11 is 0. The second kappa shape index (κ2) is 8.76. The Morgan fingerprint density at radius 1 is 1.23 bits per heavy atom. The van der Waals surface area contributed by atoms with Gasteiger partial charge in [-0.05, 0) is 12.8 Å². The number of nitrogens with one attached hydrogen (secondary N) is 1. The van der Waals surface area contributed by atoms with Crippen LogP contribution in [0.25, 0.3) is 0 Å². The Morgan fingerprint density at radius 3 is 2.50 bits per heavy atom. The molecule has 1 aliphatic heterocycles. The van der Waals surface area contributed by atoms with E-state index in [4.69, 9.17) is 5.11 Å². The maximum absolute atomic E-state index is 12.2. The minimum absolute atomic E-state index is 0.170. The average molecular weight is 306 g/mol. The average Bonchev–Trinajstić information content (AvgIpc) is 2.55. The summed E-state index contributed by atoms with van der Waals surface area (Å²) in [6.07, 6.45) is 7.28. The lowest BCUT2D eigenvalue weighted by molar-refractivity contribution is -0.118. The molecule has 2 fully saturated rings. The number of piperazine rings is 1. The summed E-state index contributed by atoms with van der Waals surface area (Å²) in [6.45, 7) is 4.11. The van der Waals surface area contributed by atoms with Gasteiger partial charge in [-0.2, -0.15) is 5.26 Å². The normalized spacial score (nSPS) is 21.5. The second-order valence-corrected chi connectivity index (χ2v) is 6.06. The fraction of sp³-hybridized carbons (Fsp3) is 0.750. The van der Waals surface area contributed by atoms with E-state index >= 15 is 0 Å². The zero-order chi connectivity index (χ0) is 15.8. The van der Waals surface area contributed by atoms with Crippen molar-refractivity contribution in [2.75, 3.05) is 39.3 Å². The molecule has 0 aromatic rings. The molecule has 0 radical (unpaired) electrons. The van der Waals surface area contributed by atoms with E-state index in [1.807, 2.05) is 11.0 Å². The summed E-state index contributed by atoms with van der Waals surface area (Å²) in [4.78, 5) is 16.4. The molecule has 2 aliphatic rings. The lowest BCUT2D eigenvalue weighted by Gasteiger charge is -2.33. The molecule has 0 spiro atoms. The first-order valence-corrected chi connectivity index (χ1v) is 8.23. The first-order valence-electron chi connectivity index (χ1n) is 8.23. The SMILES string of the molecule is N#C/C(=C/N1CCN(CCO)CC1)C(=O)NC1CCCCC1. The van der Waals surface area contributed by atoms with Crippen LogP contribution in [0, 0.1) is 11.3 Å². The van der Waals surface area contributed by atoms with E-state index in [1.54, 1.807) is 6.20 Å². The van der Waals surface area contributed by atoms with Crippen LogP contribution in [0.4, 0.5) is 0 Å². The molecule has 1 amide bonds. The maximum atomic E-state index is 12.2. The molecule has 1 heterocycles. The molecule has 0 atom stereocenters. The summed E-state index contributed by atoms with van der Waals surface area (Å²) < 4.78 is 0. The largest absolute Gasteiger partial charge is 0.395 e. The van der Waals surface area contributed by atoms with Crippen LogP contribution < -0.4 is 5.32 Å². The van der Waals surface area contributed by atoms with Crippen molar-refractivity contribution in [1.82, 2.24) is 15.1 Å². The number of aliphatic hydroxyl groups excluding tert-OH is 1. The third kappa shape index (κ3) is 5.00. The number of carbonyl (C=O) groups is 1. The van der Waals surface area contributed by atoms with Gasteiger partial charge in [0.25, 0.3) is 5.91 Å². The Balaban J connectivity index is 1.85. The van der Waals surface area contributed by atoms with Gasteiger partial charge in [0, 0.05) is 45.0 Å². The molecule has 1 saturated carbocycles. The highest BCUT2D eigenvalue weighted by molar-refractivity contribution is 5.97. The number of hydrogen-bond donors (Lipinski definition) is 2. The van der Waals surface area contributed by atoms with Gasteiger partial charge in [-0.25, -0.2) is 0 Å². The van der Waals surface area contributed by atoms with E-state index in [9.17, 15) is 10.1 Å². The number of amides is 1. The molecular weight excluding hydrogens is 280 g/mol. The molecule has 0 bridgehead atoms. The van der Waals surface area contributed by atoms with Gasteiger partial charge in [0.15, 0.2) is 0 Å². The van der Waals surface area contributed by atoms with Gasteiger partial charge in [0.05, 0.1) is 6.61 Å². The van der Waals surface area contributed by atoms with Crippen LogP contribution in [-0.2, 0) is 4.79 Å². The van der Waals surface area contributed by atoms with Crippen LogP contribution in [0.1, 0.15) is 32.1 Å². The Morgan fingerprint density at radius 2 is 1.91 bits per heavy atom. The molecule has 6 heteroatoms. The van der Waals surface area contributed by atoms with Crippen molar-refractivity contribution >= 4 is 5.91 Å². The molecule has 0 unspecified atom stereocenters. The first-order chi connectivity index (χ1) is 10.7. The van der Waals surface area contributed by atoms with E-state index in [-0.39, 0.29) is 24.1 Å². The summed E-state index contributed by atoms with van der Waals surface area (Å²) in [7, 11) is 0. The highest BCUT2D eigenvalue weighted by atomic mass is 16.3. The molecule has 1 saturated heterocycles. The predicted molar refractivity (Wildman–Crippen MR) is 83.8 cm³/mol. The molecule has 0 aromatic heterocycles. The molecular formula is C16H26N4O2. The number of carbonyl (C=O) groups excluding carboxylic acids is 1. The molecule has 6 nitrogen and oxygen atoms in total. The van der Waals surface area contributed by atoms with Crippen molar-refractivity contribution in [3.05, 3.63) is 11.8 Å². The molecule has 2 rings (SSSR count). The minimum atomic E-state index is -0.243. The van der Waals surface area contributed by atoms with E-state index in [2.05, 4.69) is 10.2 Å². The smallest absolute Gasteiger partial charge is 0.263 e. The van der Waals surface area contributed by atoms with Gasteiger partial charge >= 0.3 is 0 Å². The quantitative estimate of drug-likeness (QED) is 0.569. The third-order valence-electron chi connectivity index (χ3n) is 4.44. The lowest BCUT2D eigenvalue weighted by Crippen LogP contribution is -2.45. The molecule has 122 valence electrons. The second-order valence-electron chi connectivity index (χ2n) is 6.06. The van der Waals surface area contributed by atoms with E-state index in [1.165, 1.54) is 6.42 Å². The third-order valence-corrected chi connectivity index (χ3v) is 4.44. The highest BCUT2D eigenvalue weighted by Gasteiger charge is 2.20. The highest BCUT2D eigenvalue weighted by Crippen LogP contribution is 2.17. The Hall–Kier alpha value is -1.58. The molecule has 0 aromatic carbocycles. The van der Waals surface area contributed by atoms with Crippen molar-refractivity contribution in [3.63, 3.8) is 0 Å². The minimum Gasteiger partial charge on any atom is -0.395 e. The van der Waals surface area contributed by atoms with Gasteiger partial charge in [-0.15, -0.1) is 0 Å². The zero-order valence-corrected chi connectivity index (χ0v) is 13.1. The van der Waals surface area contributed by atoms with E-state index < -0.39 is 0 Å². The number of nitrogens with zero attached hydrogens (tertiary/aromatic N) is 3. The van der Waals surface area contributed by atoms with Crippen LogP contribution in [0.15, 0.2) is 11.8 Å². The number of hydrogen-bond acceptors (Lipinski definition) is 5. The van der Waals surface area contributed by atoms with Crippen LogP contribution in [0.3, 0.4) is 0 Å². The van der Waals surface area contributed by atoms with Gasteiger partial charge in [0.2, 0.25) is 0 Å². The van der Waals surface area contributed by atoms with Gasteiger partial charge < -0.3 is 15.3 Å². The van der Waals surface area contributed by atoms with Crippen LogP contribution >= 0.6 is 0 Å². The topological polar surface area (TPSA) is 79.6 Å². The van der Waals surface area contributed by atoms with Crippen molar-refractivity contribution in [2.45, 2.75) is 38.1 Å². The summed E-state index contributed by atoms with van der Waals surface area (Å²) in [5.74, 6) is -0.243. The lowest BCUT2D eigenvalue weighted by atomic mass is 9.95. The standard InChI is InChI=1S/C16H26N4O2/c17-12-14(16(22)18-15-4-2-1-3-5-15)13-20-8-6-19(7-9-20)10-11-21/h13,15,21H,1-11H2,(H,18,22)/b14-13-. The molecule has 2 N–H and O–H groups in total. The van der Waals surface area contributed by atoms with Crippen molar-refractivity contribution in [1.29, 1.82) is 5.26 Å². The zero-order valence-electron chi connectivity index (χ0n) is 13.1. The van der Waals surface area contributed by atoms with Crippen molar-refractivity contribution in [3.8, 4) is 6.07 Å². The van der Waals surface area contributed by atoms with Crippen molar-refractivity contribution in [2.24, 2.45) is 0 Å². The first kappa shape index (κ1) is 16.8. The molecule has 22 heavy (non-hydrogen) atoms. The Bertz CT molecular complexity index is 430. The maximum Gasteiger partial charge on any atom is 0.263 e. The number of nitriles is 1. The van der Waals surface area contributed by atoms with Crippen molar-refractivity contribution < 1.29 is 9.90 Å². The van der Waals surface area contributed by atoms with E-state index in [0.29, 0.717) is 6.54 Å². The van der Waals surface area contributed by atoms with Crippen LogP contribution in [0.2, 0.25) is 0 Å².